The highest BCUT2D eigenvalue weighted by Gasteiger charge is 2.31. The van der Waals surface area contributed by atoms with Crippen molar-refractivity contribution in [1.82, 2.24) is 29.9 Å². The maximum atomic E-state index is 12.8. The zero-order valence-corrected chi connectivity index (χ0v) is 31.7. The number of nitrogens with one attached hydrogen (secondary N) is 1. The van der Waals surface area contributed by atoms with Gasteiger partial charge in [0.2, 0.25) is 21.8 Å². The second-order valence-electron chi connectivity index (χ2n) is 12.0. The van der Waals surface area contributed by atoms with Crippen molar-refractivity contribution in [3.8, 4) is 45.8 Å². The number of fused-ring (bicyclic) bond motifs is 2. The summed E-state index contributed by atoms with van der Waals surface area (Å²) in [5.74, 6) is 1.23. The second-order valence-corrected chi connectivity index (χ2v) is 15.8. The largest absolute Gasteiger partial charge is 0.437 e. The summed E-state index contributed by atoms with van der Waals surface area (Å²) in [5, 5.41) is 0.621. The van der Waals surface area contributed by atoms with E-state index in [2.05, 4.69) is 34.6 Å². The van der Waals surface area contributed by atoms with E-state index in [1.165, 1.54) is 54.3 Å². The van der Waals surface area contributed by atoms with Crippen LogP contribution in [0.4, 0.5) is 36.6 Å². The first kappa shape index (κ1) is 39.8. The molecule has 4 aromatic heterocycles. The molecule has 0 unspecified atom stereocenters. The number of anilines is 2. The van der Waals surface area contributed by atoms with Crippen LogP contribution in [0.1, 0.15) is 11.1 Å². The Balaban J connectivity index is 0.000000178. The van der Waals surface area contributed by atoms with E-state index in [1.54, 1.807) is 30.3 Å². The maximum absolute atomic E-state index is 12.8. The van der Waals surface area contributed by atoms with E-state index in [0.717, 1.165) is 46.6 Å². The Kier molecular flexibility index (Phi) is 10.9. The summed E-state index contributed by atoms with van der Waals surface area (Å²) in [4.78, 5) is 24.8. The van der Waals surface area contributed by atoms with Crippen molar-refractivity contribution in [1.29, 1.82) is 0 Å². The number of rotatable bonds is 8. The highest BCUT2D eigenvalue weighted by Crippen LogP contribution is 2.37. The average Bonchev–Trinajstić information content (AvgIpc) is 3.77. The second kappa shape index (κ2) is 15.8. The normalized spacial score (nSPS) is 11.9. The first-order valence-corrected chi connectivity index (χ1v) is 19.9. The Morgan fingerprint density at radius 2 is 1.07 bits per heavy atom. The maximum Gasteiger partial charge on any atom is 0.416 e. The van der Waals surface area contributed by atoms with Gasteiger partial charge < -0.3 is 15.2 Å². The first-order valence-electron chi connectivity index (χ1n) is 16.4. The molecule has 0 bridgehead atoms. The van der Waals surface area contributed by atoms with Crippen LogP contribution in [0.15, 0.2) is 110 Å². The van der Waals surface area contributed by atoms with Gasteiger partial charge in [-0.2, -0.15) is 26.3 Å². The highest BCUT2D eigenvalue weighted by atomic mass is 32.2. The van der Waals surface area contributed by atoms with Crippen LogP contribution in [-0.2, 0) is 22.4 Å². The lowest BCUT2D eigenvalue weighted by Gasteiger charge is -2.09. The summed E-state index contributed by atoms with van der Waals surface area (Å²) in [6, 6.07) is 22.9. The third kappa shape index (κ3) is 9.56. The molecule has 0 atom stereocenters. The molecule has 4 aromatic carbocycles. The van der Waals surface area contributed by atoms with Gasteiger partial charge in [-0.25, -0.2) is 38.3 Å². The summed E-state index contributed by atoms with van der Waals surface area (Å²) < 4.78 is 115. The van der Waals surface area contributed by atoms with Crippen molar-refractivity contribution in [3.63, 3.8) is 0 Å². The van der Waals surface area contributed by atoms with Crippen LogP contribution in [0.3, 0.4) is 0 Å². The molecule has 0 spiro atoms. The smallest absolute Gasteiger partial charge is 0.416 e. The van der Waals surface area contributed by atoms with E-state index in [9.17, 15) is 34.8 Å². The number of nitrogen functional groups attached to an aromatic ring is 1. The number of hydrogen-bond acceptors (Lipinski definition) is 13. The number of halogens is 6. The number of nitrogens with zero attached hydrogens (tertiary/aromatic N) is 6. The number of ether oxygens (including phenoxy) is 2. The highest BCUT2D eigenvalue weighted by molar-refractivity contribution is 7.92. The van der Waals surface area contributed by atoms with Crippen LogP contribution in [0.2, 0.25) is 0 Å². The molecule has 12 nitrogen and oxygen atoms in total. The number of hydrogen-bond donors (Lipinski definition) is 2. The number of para-hydroxylation sites is 2. The zero-order valence-electron chi connectivity index (χ0n) is 29.3. The zero-order chi connectivity index (χ0) is 41.2. The molecular weight excluding hydrogens is 831 g/mol. The Hall–Kier alpha value is -6.45. The van der Waals surface area contributed by atoms with Gasteiger partial charge in [-0.05, 0) is 48.5 Å². The van der Waals surface area contributed by atoms with Crippen LogP contribution >= 0.6 is 22.7 Å². The average molecular weight is 855 g/mol. The first-order chi connectivity index (χ1) is 27.5. The van der Waals surface area contributed by atoms with Gasteiger partial charge in [0.15, 0.2) is 21.8 Å². The van der Waals surface area contributed by atoms with E-state index in [0.29, 0.717) is 54.9 Å². The summed E-state index contributed by atoms with van der Waals surface area (Å²) in [6.07, 6.45) is -5.25. The van der Waals surface area contributed by atoms with Gasteiger partial charge in [-0.15, -0.1) is 0 Å². The van der Waals surface area contributed by atoms with Crippen LogP contribution in [0.25, 0.3) is 42.9 Å². The van der Waals surface area contributed by atoms with Gasteiger partial charge in [-0.1, -0.05) is 59.1 Å². The molecule has 21 heteroatoms. The van der Waals surface area contributed by atoms with E-state index >= 15 is 0 Å². The van der Waals surface area contributed by atoms with Gasteiger partial charge in [0, 0.05) is 23.3 Å². The number of benzene rings is 4. The van der Waals surface area contributed by atoms with Gasteiger partial charge >= 0.3 is 12.4 Å². The summed E-state index contributed by atoms with van der Waals surface area (Å²) in [5.41, 5.74) is 7.13. The van der Waals surface area contributed by atoms with Crippen molar-refractivity contribution in [3.05, 3.63) is 121 Å². The van der Waals surface area contributed by atoms with Crippen LogP contribution in [0, 0.1) is 0 Å². The molecule has 0 saturated carbocycles. The van der Waals surface area contributed by atoms with Crippen molar-refractivity contribution in [2.24, 2.45) is 0 Å². The predicted molar refractivity (Wildman–Crippen MR) is 207 cm³/mol. The van der Waals surface area contributed by atoms with Gasteiger partial charge in [-0.3, -0.25) is 4.72 Å². The van der Waals surface area contributed by atoms with E-state index in [1.807, 2.05) is 12.1 Å². The van der Waals surface area contributed by atoms with E-state index in [-0.39, 0.29) is 16.9 Å². The Bertz CT molecular complexity index is 2850. The third-order valence-corrected chi connectivity index (χ3v) is 10.3. The lowest BCUT2D eigenvalue weighted by molar-refractivity contribution is -0.138. The fourth-order valence-corrected chi connectivity index (χ4v) is 7.69. The third-order valence-electron chi connectivity index (χ3n) is 7.78. The minimum Gasteiger partial charge on any atom is -0.437 e. The lowest BCUT2D eigenvalue weighted by Crippen LogP contribution is -2.08. The summed E-state index contributed by atoms with van der Waals surface area (Å²) >= 11 is 2.49. The van der Waals surface area contributed by atoms with Gasteiger partial charge in [0.05, 0.1) is 38.2 Å². The molecule has 0 aliphatic carbocycles. The molecule has 4 heterocycles. The SMILES string of the molecule is CS(=O)(=O)Nc1nc2c(Oc3cc(-c4ccc(C(F)(F)F)cc4)ncn3)cccc2s1.Nc1nc2c(Oc3cc(-c4ccc(C(F)(F)F)cc4)ncn3)cccc2s1. The number of alkyl halides is 6. The molecule has 58 heavy (non-hydrogen) atoms. The molecule has 8 aromatic rings. The fourth-order valence-electron chi connectivity index (χ4n) is 5.22. The molecule has 0 aliphatic rings. The number of sulfonamides is 1. The van der Waals surface area contributed by atoms with Crippen molar-refractivity contribution in [2.45, 2.75) is 12.4 Å². The van der Waals surface area contributed by atoms with Crippen LogP contribution in [0.5, 0.6) is 23.3 Å². The molecule has 8 rings (SSSR count). The Morgan fingerprint density at radius 3 is 1.52 bits per heavy atom. The molecule has 0 amide bonds. The van der Waals surface area contributed by atoms with Crippen LogP contribution in [-0.4, -0.2) is 44.6 Å². The molecule has 0 fully saturated rings. The summed E-state index contributed by atoms with van der Waals surface area (Å²) in [6.45, 7) is 0. The van der Waals surface area contributed by atoms with Crippen LogP contribution < -0.4 is 19.9 Å². The van der Waals surface area contributed by atoms with Gasteiger partial charge in [0.25, 0.3) is 0 Å². The molecule has 0 aliphatic heterocycles. The fraction of sp³-hybridized carbons (Fsp3) is 0.0811. The van der Waals surface area contributed by atoms with Gasteiger partial charge in [0.1, 0.15) is 23.7 Å². The minimum atomic E-state index is -4.42. The Morgan fingerprint density at radius 1 is 0.621 bits per heavy atom. The van der Waals surface area contributed by atoms with E-state index in [4.69, 9.17) is 15.2 Å². The monoisotopic (exact) mass is 854 g/mol. The minimum absolute atomic E-state index is 0.156. The quantitative estimate of drug-likeness (QED) is 0.140. The number of nitrogens with two attached hydrogens (primary N) is 1. The predicted octanol–water partition coefficient (Wildman–Crippen LogP) is 10.1. The Labute approximate surface area is 332 Å². The standard InChI is InChI=1S/C19H13F3N4O3S2.C18H11F3N4OS/c1-31(27,28)26-18-25-17-14(3-2-4-15(17)30-18)29-16-9-13(23-10-24-16)11-5-7-12(8-6-11)19(20,21)22;19-18(20,21)11-6-4-10(5-7-11)12-8-15(24-9-23-12)26-13-2-1-3-14-16(13)25-17(22)27-14/h2-10H,1H3,(H,25,26);1-9H,(H2,22,25). The van der Waals surface area contributed by atoms with Crippen molar-refractivity contribution in [2.75, 3.05) is 16.7 Å². The molecule has 0 radical (unpaired) electrons. The number of aromatic nitrogens is 6. The molecule has 3 N–H and O–H groups in total. The number of thiazole rings is 2. The lowest BCUT2D eigenvalue weighted by atomic mass is 10.1. The molecular formula is C37H24F6N8O4S3. The topological polar surface area (TPSA) is 168 Å². The van der Waals surface area contributed by atoms with Crippen molar-refractivity contribution >= 4 is 63.4 Å². The van der Waals surface area contributed by atoms with E-state index < -0.39 is 33.5 Å². The summed E-state index contributed by atoms with van der Waals surface area (Å²) in [7, 11) is -3.48. The molecule has 296 valence electrons. The van der Waals surface area contributed by atoms with Crippen molar-refractivity contribution < 1.29 is 44.2 Å². The molecule has 0 saturated heterocycles.